The second kappa shape index (κ2) is 4.50. The van der Waals surface area contributed by atoms with E-state index in [9.17, 15) is 0 Å². The van der Waals surface area contributed by atoms with E-state index in [2.05, 4.69) is 20.2 Å². The van der Waals surface area contributed by atoms with E-state index in [0.717, 1.165) is 10.6 Å². The van der Waals surface area contributed by atoms with Gasteiger partial charge in [-0.15, -0.1) is 10.2 Å². The molecule has 0 spiro atoms. The Kier molecular flexibility index (Phi) is 2.70. The molecule has 88 valence electrons. The Hall–Kier alpha value is -2.34. The van der Waals surface area contributed by atoms with Gasteiger partial charge in [-0.2, -0.15) is 0 Å². The summed E-state index contributed by atoms with van der Waals surface area (Å²) < 4.78 is 0. The Morgan fingerprint density at radius 2 is 1.61 bits per heavy atom. The summed E-state index contributed by atoms with van der Waals surface area (Å²) >= 11 is 1.45. The van der Waals surface area contributed by atoms with Crippen molar-refractivity contribution in [2.24, 2.45) is 0 Å². The van der Waals surface area contributed by atoms with Crippen LogP contribution in [-0.4, -0.2) is 20.2 Å². The van der Waals surface area contributed by atoms with Gasteiger partial charge in [0.1, 0.15) is 10.7 Å². The summed E-state index contributed by atoms with van der Waals surface area (Å²) in [4.78, 5) is 8.17. The highest BCUT2D eigenvalue weighted by molar-refractivity contribution is 7.17. The van der Waals surface area contributed by atoms with Crippen molar-refractivity contribution in [2.75, 3.05) is 5.73 Å². The minimum absolute atomic E-state index is 0.369. The normalized spacial score (nSPS) is 10.4. The molecular formula is C12H9N5S. The molecule has 0 radical (unpaired) electrons. The highest BCUT2D eigenvalue weighted by Crippen LogP contribution is 2.30. The molecule has 2 heterocycles. The van der Waals surface area contributed by atoms with Gasteiger partial charge >= 0.3 is 0 Å². The summed E-state index contributed by atoms with van der Waals surface area (Å²) in [5.41, 5.74) is 7.38. The average molecular weight is 255 g/mol. The maximum absolute atomic E-state index is 5.77. The van der Waals surface area contributed by atoms with E-state index in [1.54, 1.807) is 12.4 Å². The van der Waals surface area contributed by atoms with Crippen LogP contribution >= 0.6 is 11.3 Å². The Balaban J connectivity index is 2.03. The SMILES string of the molecule is Nc1nccnc1-c1nnc(-c2ccccc2)s1. The molecule has 0 fully saturated rings. The van der Waals surface area contributed by atoms with Crippen LogP contribution in [-0.2, 0) is 0 Å². The van der Waals surface area contributed by atoms with Gasteiger partial charge in [-0.1, -0.05) is 41.7 Å². The fraction of sp³-hybridized carbons (Fsp3) is 0. The van der Waals surface area contributed by atoms with Crippen LogP contribution in [0.3, 0.4) is 0 Å². The second-order valence-electron chi connectivity index (χ2n) is 3.57. The second-order valence-corrected chi connectivity index (χ2v) is 4.55. The van der Waals surface area contributed by atoms with E-state index < -0.39 is 0 Å². The first-order chi connectivity index (χ1) is 8.84. The molecule has 0 atom stereocenters. The van der Waals surface area contributed by atoms with Crippen molar-refractivity contribution in [3.05, 3.63) is 42.7 Å². The Labute approximate surface area is 107 Å². The van der Waals surface area contributed by atoms with Gasteiger partial charge in [-0.3, -0.25) is 0 Å². The van der Waals surface area contributed by atoms with E-state index >= 15 is 0 Å². The van der Waals surface area contributed by atoms with Crippen LogP contribution in [0.4, 0.5) is 5.82 Å². The van der Waals surface area contributed by atoms with Gasteiger partial charge in [0.2, 0.25) is 0 Å². The highest BCUT2D eigenvalue weighted by Gasteiger charge is 2.12. The zero-order chi connectivity index (χ0) is 12.4. The molecule has 18 heavy (non-hydrogen) atoms. The molecule has 3 aromatic rings. The summed E-state index contributed by atoms with van der Waals surface area (Å²) in [5.74, 6) is 0.369. The topological polar surface area (TPSA) is 77.6 Å². The van der Waals surface area contributed by atoms with E-state index in [1.165, 1.54) is 11.3 Å². The van der Waals surface area contributed by atoms with Gasteiger partial charge in [0.05, 0.1) is 0 Å². The summed E-state index contributed by atoms with van der Waals surface area (Å²) in [6.45, 7) is 0. The van der Waals surface area contributed by atoms with Crippen molar-refractivity contribution in [1.82, 2.24) is 20.2 Å². The van der Waals surface area contributed by atoms with Gasteiger partial charge in [-0.25, -0.2) is 9.97 Å². The third-order valence-corrected chi connectivity index (χ3v) is 3.35. The van der Waals surface area contributed by atoms with Crippen LogP contribution in [0.25, 0.3) is 21.3 Å². The summed E-state index contributed by atoms with van der Waals surface area (Å²) in [7, 11) is 0. The lowest BCUT2D eigenvalue weighted by molar-refractivity contribution is 1.08. The first-order valence-electron chi connectivity index (χ1n) is 5.30. The monoisotopic (exact) mass is 255 g/mol. The fourth-order valence-electron chi connectivity index (χ4n) is 1.53. The van der Waals surface area contributed by atoms with Crippen molar-refractivity contribution < 1.29 is 0 Å². The molecule has 0 aliphatic rings. The predicted octanol–water partition coefficient (Wildman–Crippen LogP) is 2.24. The van der Waals surface area contributed by atoms with Crippen LogP contribution in [0.1, 0.15) is 0 Å². The Morgan fingerprint density at radius 1 is 0.889 bits per heavy atom. The number of benzene rings is 1. The molecule has 2 N–H and O–H groups in total. The fourth-order valence-corrected chi connectivity index (χ4v) is 2.38. The standard InChI is InChI=1S/C12H9N5S/c13-10-9(14-6-7-15-10)12-17-16-11(18-12)8-4-2-1-3-5-8/h1-7H,(H2,13,15). The molecule has 0 saturated carbocycles. The number of hydrogen-bond acceptors (Lipinski definition) is 6. The third-order valence-electron chi connectivity index (χ3n) is 2.37. The van der Waals surface area contributed by atoms with Gasteiger partial charge in [0.15, 0.2) is 10.8 Å². The van der Waals surface area contributed by atoms with Crippen molar-refractivity contribution in [3.8, 4) is 21.3 Å². The molecule has 0 aliphatic carbocycles. The molecule has 6 heteroatoms. The summed E-state index contributed by atoms with van der Waals surface area (Å²) in [5, 5.41) is 9.78. The third kappa shape index (κ3) is 1.93. The molecule has 2 aromatic heterocycles. The molecule has 1 aromatic carbocycles. The minimum Gasteiger partial charge on any atom is -0.382 e. The van der Waals surface area contributed by atoms with Crippen LogP contribution < -0.4 is 5.73 Å². The predicted molar refractivity (Wildman–Crippen MR) is 70.8 cm³/mol. The zero-order valence-corrected chi connectivity index (χ0v) is 10.1. The molecule has 0 saturated heterocycles. The van der Waals surface area contributed by atoms with Crippen LogP contribution in [0.15, 0.2) is 42.7 Å². The van der Waals surface area contributed by atoms with Crippen molar-refractivity contribution in [3.63, 3.8) is 0 Å². The summed E-state index contributed by atoms with van der Waals surface area (Å²) in [6, 6.07) is 9.88. The molecule has 5 nitrogen and oxygen atoms in total. The molecule has 0 aliphatic heterocycles. The van der Waals surface area contributed by atoms with Crippen LogP contribution in [0.5, 0.6) is 0 Å². The van der Waals surface area contributed by atoms with Gasteiger partial charge in [-0.05, 0) is 0 Å². The molecule has 0 bridgehead atoms. The maximum atomic E-state index is 5.77. The zero-order valence-electron chi connectivity index (χ0n) is 9.32. The largest absolute Gasteiger partial charge is 0.382 e. The number of nitrogens with two attached hydrogens (primary N) is 1. The number of nitrogens with zero attached hydrogens (tertiary/aromatic N) is 4. The number of anilines is 1. The molecule has 0 unspecified atom stereocenters. The Bertz CT molecular complexity index is 665. The lowest BCUT2D eigenvalue weighted by Crippen LogP contribution is -1.95. The Morgan fingerprint density at radius 3 is 2.39 bits per heavy atom. The smallest absolute Gasteiger partial charge is 0.170 e. The number of aromatic nitrogens is 4. The number of rotatable bonds is 2. The van der Waals surface area contributed by atoms with E-state index in [1.807, 2.05) is 30.3 Å². The quantitative estimate of drug-likeness (QED) is 0.759. The maximum Gasteiger partial charge on any atom is 0.170 e. The van der Waals surface area contributed by atoms with Gasteiger partial charge in [0, 0.05) is 18.0 Å². The minimum atomic E-state index is 0.369. The summed E-state index contributed by atoms with van der Waals surface area (Å²) in [6.07, 6.45) is 3.15. The van der Waals surface area contributed by atoms with E-state index in [4.69, 9.17) is 5.73 Å². The molecule has 3 rings (SSSR count). The van der Waals surface area contributed by atoms with Crippen LogP contribution in [0.2, 0.25) is 0 Å². The lowest BCUT2D eigenvalue weighted by Gasteiger charge is -1.96. The van der Waals surface area contributed by atoms with Gasteiger partial charge in [0.25, 0.3) is 0 Å². The van der Waals surface area contributed by atoms with E-state index in [0.29, 0.717) is 16.5 Å². The van der Waals surface area contributed by atoms with Crippen molar-refractivity contribution in [1.29, 1.82) is 0 Å². The molecular weight excluding hydrogens is 246 g/mol. The highest BCUT2D eigenvalue weighted by atomic mass is 32.1. The van der Waals surface area contributed by atoms with Gasteiger partial charge < -0.3 is 5.73 Å². The number of hydrogen-bond donors (Lipinski definition) is 1. The first kappa shape index (κ1) is 10.8. The first-order valence-corrected chi connectivity index (χ1v) is 6.12. The average Bonchev–Trinajstić information content (AvgIpc) is 2.90. The van der Waals surface area contributed by atoms with Crippen LogP contribution in [0, 0.1) is 0 Å². The van der Waals surface area contributed by atoms with Crippen molar-refractivity contribution >= 4 is 17.2 Å². The molecule has 0 amide bonds. The van der Waals surface area contributed by atoms with E-state index in [-0.39, 0.29) is 0 Å². The number of nitrogen functional groups attached to an aromatic ring is 1. The van der Waals surface area contributed by atoms with Crippen molar-refractivity contribution in [2.45, 2.75) is 0 Å². The lowest BCUT2D eigenvalue weighted by atomic mass is 10.2.